The Labute approximate surface area is 789 Å². The third kappa shape index (κ3) is 16.9. The molecule has 0 saturated carbocycles. The molecule has 0 amide bonds. The summed E-state index contributed by atoms with van der Waals surface area (Å²) in [6, 6.07) is 126. The molecule has 1 saturated heterocycles. The van der Waals surface area contributed by atoms with Crippen LogP contribution in [0.4, 0.5) is 0 Å². The van der Waals surface area contributed by atoms with Gasteiger partial charge in [-0.25, -0.2) is 39.9 Å². The molecule has 7 heterocycles. The summed E-state index contributed by atoms with van der Waals surface area (Å²) in [4.78, 5) is 39.7. The number of pyridine rings is 2. The number of hydrogen-bond acceptors (Lipinski definition) is 10. The molecule has 0 N–H and O–H groups in total. The molecule has 22 aromatic rings. The van der Waals surface area contributed by atoms with Gasteiger partial charge in [0.15, 0.2) is 34.9 Å². The van der Waals surface area contributed by atoms with E-state index in [4.69, 9.17) is 57.9 Å². The first-order valence-corrected chi connectivity index (χ1v) is 44.3. The monoisotopic (exact) mass is 1770 g/mol. The third-order valence-electron chi connectivity index (χ3n) is 24.1. The van der Waals surface area contributed by atoms with Gasteiger partial charge >= 0.3 is 7.12 Å². The number of hydrogen-bond donors (Lipinski definition) is 0. The molecule has 0 aliphatic carbocycles. The SMILES string of the molecule is Brc1cc(-c2ccccc2)cc(-c2ccccc2)n1.[2H]c1c([2H])c([2H])c(-c2nc(-c3ccccc3)nc(-c3cc(-c4cc(-c5ccccc5)cc(-c5ccccc5)n4)ccc3-n3c4ccccc4c4ccc(-c5ccccc5)cc43)n2)c([2H])c1[2H].[2H]c1c([2H])c([2H])c(-c2nc(-c3ccccc3)nc(-c3cc(B4OC(C)(C)C(C)(C)O4)ccc3-n3c4ccccc4c4ccc(-c5ccccc5)cc43)n2)c([2H])c1[2H]. The smallest absolute Gasteiger partial charge is 0.399 e. The predicted molar refractivity (Wildman–Crippen MR) is 544 cm³/mol. The van der Waals surface area contributed by atoms with Crippen molar-refractivity contribution in [2.24, 2.45) is 0 Å². The van der Waals surface area contributed by atoms with Crippen LogP contribution in [0.5, 0.6) is 0 Å². The molecule has 0 spiro atoms. The zero-order valence-electron chi connectivity index (χ0n) is 82.2. The van der Waals surface area contributed by atoms with Crippen LogP contribution < -0.4 is 5.46 Å². The minimum Gasteiger partial charge on any atom is -0.399 e. The Morgan fingerprint density at radius 3 is 0.970 bits per heavy atom. The highest BCUT2D eigenvalue weighted by atomic mass is 79.9. The Bertz CT molecular complexity index is 8430. The van der Waals surface area contributed by atoms with Crippen molar-refractivity contribution in [1.29, 1.82) is 0 Å². The fourth-order valence-corrected chi connectivity index (χ4v) is 17.3. The van der Waals surface area contributed by atoms with Crippen LogP contribution in [0.25, 0.3) is 202 Å². The summed E-state index contributed by atoms with van der Waals surface area (Å²) in [6.45, 7) is 8.04. The standard InChI is InChI=1S/C56H37N5.C45H37BN4O2.C17H12BrN/c1-6-18-38(19-7-1)43-30-32-47-46-28-16-17-29-51(46)61(53(47)37-43)52-33-31-44(50-36-45(39-20-8-2-9-21-39)35-49(57-50)40-22-10-3-11-23-40)34-48(52)56-59-54(41-24-12-4-13-25-41)58-55(60-56)42-26-14-5-15-27-42;1-44(2)45(3,4)52-46(51-44)34-25-27-39(50-38-23-15-14-22-35(38)36-26-24-33(28-40(36)50)30-16-8-5-9-17-30)37(29-34)43-48-41(31-18-10-6-11-19-31)47-42(49-43)32-20-12-7-13-21-32;18-17-12-15(13-7-3-1-4-8-13)11-16(19-17)14-9-5-2-6-10-14/h1-37H;5-29H,1-4H3;1-12H/i4D,12D,13D,24D,25D;6D,10D,11D,18D,19D;. The molecule has 23 rings (SSSR count). The van der Waals surface area contributed by atoms with Crippen molar-refractivity contribution in [3.05, 3.63) is 453 Å². The van der Waals surface area contributed by atoms with Crippen LogP contribution in [-0.4, -0.2) is 67.3 Å². The van der Waals surface area contributed by atoms with Crippen LogP contribution in [0.3, 0.4) is 0 Å². The topological polar surface area (TPSA) is 131 Å². The van der Waals surface area contributed by atoms with Gasteiger partial charge < -0.3 is 18.4 Å². The highest BCUT2D eigenvalue weighted by Gasteiger charge is 2.52. The average molecular weight is 1780 g/mol. The first-order valence-electron chi connectivity index (χ1n) is 48.5. The van der Waals surface area contributed by atoms with E-state index in [1.807, 2.05) is 252 Å². The van der Waals surface area contributed by atoms with E-state index in [0.29, 0.717) is 22.3 Å². The highest BCUT2D eigenvalue weighted by molar-refractivity contribution is 9.10. The van der Waals surface area contributed by atoms with Gasteiger partial charge in [0.05, 0.1) is 75.4 Å². The van der Waals surface area contributed by atoms with Crippen molar-refractivity contribution in [1.82, 2.24) is 49.0 Å². The normalized spacial score (nSPS) is 13.7. The lowest BCUT2D eigenvalue weighted by atomic mass is 9.78. The zero-order chi connectivity index (χ0) is 97.8. The summed E-state index contributed by atoms with van der Waals surface area (Å²) in [7, 11) is -0.707. The number of nitrogens with zero attached hydrogens (tertiary/aromatic N) is 10. The lowest BCUT2D eigenvalue weighted by molar-refractivity contribution is 0.00578. The Morgan fingerprint density at radius 1 is 0.242 bits per heavy atom. The third-order valence-corrected chi connectivity index (χ3v) is 24.5. The van der Waals surface area contributed by atoms with Crippen molar-refractivity contribution in [3.63, 3.8) is 0 Å². The summed E-state index contributed by atoms with van der Waals surface area (Å²) in [5, 5.41) is 4.25. The second kappa shape index (κ2) is 36.2. The molecule has 1 aliphatic rings. The first kappa shape index (κ1) is 71.9. The number of fused-ring (bicyclic) bond motifs is 6. The minimum atomic E-state index is -0.707. The summed E-state index contributed by atoms with van der Waals surface area (Å²) < 4.78 is 105. The molecule has 1 aliphatic heterocycles. The molecule has 0 unspecified atom stereocenters. The fourth-order valence-electron chi connectivity index (χ4n) is 16.9. The summed E-state index contributed by atoms with van der Waals surface area (Å²) >= 11 is 3.50. The fraction of sp³-hybridized carbons (Fsp3) is 0.0508. The van der Waals surface area contributed by atoms with E-state index in [-0.39, 0.29) is 46.1 Å². The maximum Gasteiger partial charge on any atom is 0.494 e. The number of rotatable bonds is 16. The Kier molecular flexibility index (Phi) is 19.7. The Morgan fingerprint density at radius 2 is 0.553 bits per heavy atom. The van der Waals surface area contributed by atoms with Crippen LogP contribution in [0.2, 0.25) is 0 Å². The van der Waals surface area contributed by atoms with E-state index in [2.05, 4.69) is 194 Å². The second-order valence-corrected chi connectivity index (χ2v) is 33.8. The summed E-state index contributed by atoms with van der Waals surface area (Å²) in [6.07, 6.45) is 0. The quantitative estimate of drug-likeness (QED) is 0.0680. The van der Waals surface area contributed by atoms with Gasteiger partial charge in [-0.3, -0.25) is 0 Å². The van der Waals surface area contributed by atoms with E-state index in [9.17, 15) is 0 Å². The molecule has 0 bridgehead atoms. The molecule has 12 nitrogen and oxygen atoms in total. The van der Waals surface area contributed by atoms with E-state index >= 15 is 0 Å². The number of para-hydroxylation sites is 2. The van der Waals surface area contributed by atoms with E-state index in [1.54, 1.807) is 0 Å². The summed E-state index contributed by atoms with van der Waals surface area (Å²) in [5.74, 6) is 0.956. The molecular formula is C118H86BBrN10O2. The van der Waals surface area contributed by atoms with Crippen LogP contribution in [-0.2, 0) is 9.31 Å². The lowest BCUT2D eigenvalue weighted by Gasteiger charge is -2.32. The van der Waals surface area contributed by atoms with Crippen molar-refractivity contribution in [3.8, 4) is 158 Å². The molecule has 14 heteroatoms. The molecule has 630 valence electrons. The van der Waals surface area contributed by atoms with E-state index in [0.717, 1.165) is 132 Å². The minimum absolute atomic E-state index is 0.0450. The molecule has 0 radical (unpaired) electrons. The number of benzene rings is 16. The van der Waals surface area contributed by atoms with Gasteiger partial charge in [0.1, 0.15) is 4.60 Å². The van der Waals surface area contributed by atoms with Crippen molar-refractivity contribution in [2.45, 2.75) is 38.9 Å². The van der Waals surface area contributed by atoms with Gasteiger partial charge in [-0.05, 0) is 166 Å². The van der Waals surface area contributed by atoms with Crippen LogP contribution in [0, 0.1) is 0 Å². The number of aromatic nitrogens is 10. The molecule has 1 fully saturated rings. The molecule has 16 aromatic carbocycles. The molecule has 6 aromatic heterocycles. The molecule has 0 atom stereocenters. The van der Waals surface area contributed by atoms with Gasteiger partial charge in [0, 0.05) is 71.6 Å². The predicted octanol–water partition coefficient (Wildman–Crippen LogP) is 29.1. The Hall–Kier alpha value is -16.1. The largest absolute Gasteiger partial charge is 0.494 e. The average Bonchev–Trinajstić information content (AvgIpc) is 1.56. The lowest BCUT2D eigenvalue weighted by Crippen LogP contribution is -2.41. The second-order valence-electron chi connectivity index (χ2n) is 33.0. The zero-order valence-corrected chi connectivity index (χ0v) is 73.8. The molecule has 132 heavy (non-hydrogen) atoms. The van der Waals surface area contributed by atoms with Crippen molar-refractivity contribution in [2.75, 3.05) is 0 Å². The van der Waals surface area contributed by atoms with E-state index in [1.165, 1.54) is 11.1 Å². The van der Waals surface area contributed by atoms with Gasteiger partial charge in [0.2, 0.25) is 0 Å². The molecular weight excluding hydrogens is 1680 g/mol. The first-order chi connectivity index (χ1) is 69.0. The van der Waals surface area contributed by atoms with Crippen molar-refractivity contribution < 1.29 is 23.0 Å². The summed E-state index contributed by atoms with van der Waals surface area (Å²) in [5.41, 5.74) is 21.3. The van der Waals surface area contributed by atoms with Gasteiger partial charge in [-0.15, -0.1) is 0 Å². The maximum atomic E-state index is 8.99. The van der Waals surface area contributed by atoms with Gasteiger partial charge in [-0.2, -0.15) is 0 Å². The van der Waals surface area contributed by atoms with E-state index < -0.39 is 78.7 Å². The van der Waals surface area contributed by atoms with Crippen LogP contribution in [0.1, 0.15) is 41.4 Å². The van der Waals surface area contributed by atoms with Crippen LogP contribution >= 0.6 is 15.9 Å². The highest BCUT2D eigenvalue weighted by Crippen LogP contribution is 2.45. The Balaban J connectivity index is 0.000000143. The van der Waals surface area contributed by atoms with Crippen LogP contribution in [0.15, 0.2) is 453 Å². The van der Waals surface area contributed by atoms with Crippen molar-refractivity contribution >= 4 is 72.1 Å². The number of halogens is 1. The maximum absolute atomic E-state index is 8.99. The van der Waals surface area contributed by atoms with Gasteiger partial charge in [-0.1, -0.05) is 376 Å². The van der Waals surface area contributed by atoms with Gasteiger partial charge in [0.25, 0.3) is 0 Å².